The second kappa shape index (κ2) is 13.5. The third-order valence-electron chi connectivity index (χ3n) is 7.28. The zero-order valence-electron chi connectivity index (χ0n) is 22.9. The average Bonchev–Trinajstić information content (AvgIpc) is 2.96. The maximum absolute atomic E-state index is 14.0. The summed E-state index contributed by atoms with van der Waals surface area (Å²) in [6.45, 7) is 3.30. The van der Waals surface area contributed by atoms with Gasteiger partial charge in [0.25, 0.3) is 10.0 Å². The van der Waals surface area contributed by atoms with Crippen molar-refractivity contribution in [1.82, 2.24) is 10.2 Å². The highest BCUT2D eigenvalue weighted by Crippen LogP contribution is 2.26. The number of hydrogen-bond donors (Lipinski definition) is 1. The standard InChI is InChI=1S/C31H36BrN3O4S/c1-23-10-9-13-28(20-23)35(40(38,39)29-14-7-4-8-15-29)22-30(36)34(21-25-16-18-26(32)19-17-25)24(2)31(37)33-27-11-5-3-6-12-27/h4,7-10,13-20,24,27H,3,5-6,11-12,21-22H2,1-2H3,(H,33,37)/t24-/m1/s1. The van der Waals surface area contributed by atoms with Crippen LogP contribution in [0.5, 0.6) is 0 Å². The number of aryl methyl sites for hydroxylation is 1. The Bertz CT molecular complexity index is 1410. The fraction of sp³-hybridized carbons (Fsp3) is 0.355. The fourth-order valence-corrected chi connectivity index (χ4v) is 6.66. The molecule has 1 aliphatic carbocycles. The van der Waals surface area contributed by atoms with Crippen molar-refractivity contribution in [2.45, 2.75) is 69.5 Å². The summed E-state index contributed by atoms with van der Waals surface area (Å²) in [7, 11) is -4.07. The van der Waals surface area contributed by atoms with Gasteiger partial charge in [-0.25, -0.2) is 8.42 Å². The van der Waals surface area contributed by atoms with Gasteiger partial charge in [0.15, 0.2) is 0 Å². The first kappa shape index (κ1) is 29.8. The van der Waals surface area contributed by atoms with Gasteiger partial charge in [0.05, 0.1) is 10.6 Å². The van der Waals surface area contributed by atoms with Crippen LogP contribution in [0.2, 0.25) is 0 Å². The molecule has 9 heteroatoms. The van der Waals surface area contributed by atoms with E-state index >= 15 is 0 Å². The van der Waals surface area contributed by atoms with Crippen molar-refractivity contribution in [3.05, 3.63) is 94.5 Å². The first-order valence-corrected chi connectivity index (χ1v) is 15.9. The van der Waals surface area contributed by atoms with Crippen LogP contribution in [0.25, 0.3) is 0 Å². The fourth-order valence-electron chi connectivity index (χ4n) is 4.97. The van der Waals surface area contributed by atoms with Crippen LogP contribution in [0, 0.1) is 6.92 Å². The Kier molecular flexibility index (Phi) is 10.0. The second-order valence-corrected chi connectivity index (χ2v) is 13.1. The van der Waals surface area contributed by atoms with Crippen molar-refractivity contribution < 1.29 is 18.0 Å². The first-order valence-electron chi connectivity index (χ1n) is 13.6. The summed E-state index contributed by atoms with van der Waals surface area (Å²) in [4.78, 5) is 29.0. The third-order valence-corrected chi connectivity index (χ3v) is 9.60. The van der Waals surface area contributed by atoms with Gasteiger partial charge in [0.1, 0.15) is 12.6 Å². The Morgan fingerprint density at radius 2 is 1.62 bits per heavy atom. The summed E-state index contributed by atoms with van der Waals surface area (Å²) in [6.07, 6.45) is 5.17. The number of carbonyl (C=O) groups excluding carboxylic acids is 2. The summed E-state index contributed by atoms with van der Waals surface area (Å²) in [5.74, 6) is -0.694. The number of benzene rings is 3. The third kappa shape index (κ3) is 7.52. The molecule has 0 bridgehead atoms. The van der Waals surface area contributed by atoms with Crippen LogP contribution in [0.3, 0.4) is 0 Å². The van der Waals surface area contributed by atoms with Crippen molar-refractivity contribution in [3.8, 4) is 0 Å². The molecule has 3 aromatic rings. The maximum Gasteiger partial charge on any atom is 0.264 e. The Balaban J connectivity index is 1.66. The second-order valence-electron chi connectivity index (χ2n) is 10.3. The molecule has 0 unspecified atom stereocenters. The molecular formula is C31H36BrN3O4S. The van der Waals surface area contributed by atoms with E-state index in [2.05, 4.69) is 21.2 Å². The zero-order valence-corrected chi connectivity index (χ0v) is 25.3. The van der Waals surface area contributed by atoms with Crippen molar-refractivity contribution in [2.24, 2.45) is 0 Å². The SMILES string of the molecule is Cc1cccc(N(CC(=O)N(Cc2ccc(Br)cc2)[C@H](C)C(=O)NC2CCCCC2)S(=O)(=O)c2ccccc2)c1. The number of nitrogens with zero attached hydrogens (tertiary/aromatic N) is 2. The van der Waals surface area contributed by atoms with E-state index in [0.29, 0.717) is 5.69 Å². The number of halogens is 1. The highest BCUT2D eigenvalue weighted by atomic mass is 79.9. The molecule has 0 saturated heterocycles. The molecule has 2 amide bonds. The Morgan fingerprint density at radius 1 is 0.950 bits per heavy atom. The Morgan fingerprint density at radius 3 is 2.27 bits per heavy atom. The number of nitrogens with one attached hydrogen (secondary N) is 1. The smallest absolute Gasteiger partial charge is 0.264 e. The lowest BCUT2D eigenvalue weighted by atomic mass is 9.95. The summed E-state index contributed by atoms with van der Waals surface area (Å²) in [6, 6.07) is 22.0. The number of hydrogen-bond acceptors (Lipinski definition) is 4. The van der Waals surface area contributed by atoms with Gasteiger partial charge in [-0.15, -0.1) is 0 Å². The van der Waals surface area contributed by atoms with Gasteiger partial charge < -0.3 is 10.2 Å². The molecule has 7 nitrogen and oxygen atoms in total. The molecule has 1 fully saturated rings. The number of anilines is 1. The van der Waals surface area contributed by atoms with E-state index in [1.165, 1.54) is 23.5 Å². The van der Waals surface area contributed by atoms with Crippen LogP contribution >= 0.6 is 15.9 Å². The summed E-state index contributed by atoms with van der Waals surface area (Å²) in [5.41, 5.74) is 2.09. The van der Waals surface area contributed by atoms with Crippen molar-refractivity contribution in [1.29, 1.82) is 0 Å². The maximum atomic E-state index is 14.0. The zero-order chi connectivity index (χ0) is 28.7. The number of amides is 2. The Labute approximate surface area is 245 Å². The van der Waals surface area contributed by atoms with Gasteiger partial charge in [-0.2, -0.15) is 0 Å². The lowest BCUT2D eigenvalue weighted by molar-refractivity contribution is -0.139. The van der Waals surface area contributed by atoms with Crippen molar-refractivity contribution in [3.63, 3.8) is 0 Å². The highest BCUT2D eigenvalue weighted by molar-refractivity contribution is 9.10. The van der Waals surface area contributed by atoms with E-state index in [0.717, 1.165) is 45.6 Å². The van der Waals surface area contributed by atoms with Crippen molar-refractivity contribution >= 4 is 43.5 Å². The number of carbonyl (C=O) groups is 2. The molecule has 212 valence electrons. The molecule has 0 aromatic heterocycles. The quantitative estimate of drug-likeness (QED) is 0.308. The van der Waals surface area contributed by atoms with Gasteiger partial charge in [-0.3, -0.25) is 13.9 Å². The van der Waals surface area contributed by atoms with Gasteiger partial charge in [-0.05, 0) is 74.2 Å². The van der Waals surface area contributed by atoms with E-state index in [9.17, 15) is 18.0 Å². The van der Waals surface area contributed by atoms with Gasteiger partial charge in [0.2, 0.25) is 11.8 Å². The van der Waals surface area contributed by atoms with E-state index < -0.39 is 28.5 Å². The normalized spacial score (nSPS) is 14.8. The minimum absolute atomic E-state index is 0.0897. The molecule has 1 atom stereocenters. The molecule has 4 rings (SSSR count). The topological polar surface area (TPSA) is 86.8 Å². The summed E-state index contributed by atoms with van der Waals surface area (Å²) < 4.78 is 29.7. The number of rotatable bonds is 10. The molecule has 0 spiro atoms. The lowest BCUT2D eigenvalue weighted by Gasteiger charge is -2.33. The molecule has 1 aliphatic rings. The minimum atomic E-state index is -4.07. The predicted molar refractivity (Wildman–Crippen MR) is 161 cm³/mol. The molecule has 3 aromatic carbocycles. The lowest BCUT2D eigenvalue weighted by Crippen LogP contribution is -2.53. The molecular weight excluding hydrogens is 590 g/mol. The minimum Gasteiger partial charge on any atom is -0.352 e. The predicted octanol–water partition coefficient (Wildman–Crippen LogP) is 5.82. The molecule has 0 radical (unpaired) electrons. The largest absolute Gasteiger partial charge is 0.352 e. The summed E-state index contributed by atoms with van der Waals surface area (Å²) in [5, 5.41) is 3.13. The Hall–Kier alpha value is -3.17. The van der Waals surface area contributed by atoms with Crippen LogP contribution in [0.1, 0.15) is 50.2 Å². The highest BCUT2D eigenvalue weighted by Gasteiger charge is 2.33. The number of sulfonamides is 1. The van der Waals surface area contributed by atoms with E-state index in [4.69, 9.17) is 0 Å². The van der Waals surface area contributed by atoms with Crippen LogP contribution < -0.4 is 9.62 Å². The van der Waals surface area contributed by atoms with E-state index in [1.807, 2.05) is 37.3 Å². The van der Waals surface area contributed by atoms with Gasteiger partial charge in [-0.1, -0.05) is 77.7 Å². The van der Waals surface area contributed by atoms with Crippen LogP contribution in [0.15, 0.2) is 88.2 Å². The molecule has 0 heterocycles. The molecule has 0 aliphatic heterocycles. The summed E-state index contributed by atoms with van der Waals surface area (Å²) >= 11 is 3.44. The first-order chi connectivity index (χ1) is 19.1. The van der Waals surface area contributed by atoms with Crippen LogP contribution in [0.4, 0.5) is 5.69 Å². The molecule has 1 N–H and O–H groups in total. The average molecular weight is 627 g/mol. The van der Waals surface area contributed by atoms with Gasteiger partial charge >= 0.3 is 0 Å². The monoisotopic (exact) mass is 625 g/mol. The molecule has 40 heavy (non-hydrogen) atoms. The van der Waals surface area contributed by atoms with Crippen molar-refractivity contribution in [2.75, 3.05) is 10.8 Å². The molecule has 1 saturated carbocycles. The van der Waals surface area contributed by atoms with Crippen LogP contribution in [-0.4, -0.2) is 43.8 Å². The van der Waals surface area contributed by atoms with E-state index in [-0.39, 0.29) is 23.4 Å². The van der Waals surface area contributed by atoms with Crippen LogP contribution in [-0.2, 0) is 26.2 Å². The van der Waals surface area contributed by atoms with E-state index in [1.54, 1.807) is 43.3 Å². The van der Waals surface area contributed by atoms with Gasteiger partial charge in [0, 0.05) is 17.1 Å².